The molecule has 0 aromatic heterocycles. The second kappa shape index (κ2) is 16.5. The number of rotatable bonds is 4. The van der Waals surface area contributed by atoms with E-state index in [0.717, 1.165) is 24.8 Å². The number of carbonyl (C=O) groups excluding carboxylic acids is 1. The molecule has 3 N–H and O–H groups in total. The molecule has 5 fully saturated rings. The van der Waals surface area contributed by atoms with Crippen LogP contribution in [0.1, 0.15) is 105 Å². The number of allylic oxidation sites excluding steroid dienone is 2. The molecule has 15 atom stereocenters. The average Bonchev–Trinajstić information content (AvgIpc) is 3.49. The summed E-state index contributed by atoms with van der Waals surface area (Å²) < 4.78 is 45.0. The highest BCUT2D eigenvalue weighted by molar-refractivity contribution is 5.78. The Morgan fingerprint density at radius 1 is 0.963 bits per heavy atom. The lowest BCUT2D eigenvalue weighted by atomic mass is 9.71. The molecule has 2 bridgehead atoms. The molecule has 7 rings (SSSR count). The van der Waals surface area contributed by atoms with Crippen LogP contribution in [0, 0.1) is 23.7 Å². The van der Waals surface area contributed by atoms with Gasteiger partial charge >= 0.3 is 5.97 Å². The first-order chi connectivity index (χ1) is 25.8. The van der Waals surface area contributed by atoms with Crippen molar-refractivity contribution in [3.8, 4) is 0 Å². The van der Waals surface area contributed by atoms with Gasteiger partial charge in [0, 0.05) is 38.7 Å². The van der Waals surface area contributed by atoms with E-state index in [1.807, 2.05) is 19.1 Å². The molecule has 0 aromatic carbocycles. The minimum absolute atomic E-state index is 0.0618. The van der Waals surface area contributed by atoms with E-state index in [9.17, 15) is 20.1 Å². The van der Waals surface area contributed by atoms with Crippen LogP contribution in [-0.4, -0.2) is 108 Å². The van der Waals surface area contributed by atoms with E-state index in [0.29, 0.717) is 55.1 Å². The number of fused-ring (bicyclic) bond motifs is 2. The molecule has 4 saturated heterocycles. The minimum atomic E-state index is -1.79. The summed E-state index contributed by atoms with van der Waals surface area (Å²) in [7, 11) is 1.59. The van der Waals surface area contributed by atoms with Gasteiger partial charge in [-0.1, -0.05) is 63.5 Å². The van der Waals surface area contributed by atoms with Gasteiger partial charge in [-0.2, -0.15) is 0 Å². The van der Waals surface area contributed by atoms with E-state index in [1.54, 1.807) is 26.2 Å². The normalized spacial score (nSPS) is 49.2. The van der Waals surface area contributed by atoms with Crippen LogP contribution in [0.3, 0.4) is 0 Å². The van der Waals surface area contributed by atoms with Crippen molar-refractivity contribution in [1.82, 2.24) is 0 Å². The van der Waals surface area contributed by atoms with E-state index >= 15 is 0 Å². The zero-order valence-electron chi connectivity index (χ0n) is 33.1. The fourth-order valence-corrected chi connectivity index (χ4v) is 10.4. The maximum absolute atomic E-state index is 14.3. The smallest absolute Gasteiger partial charge is 0.316 e. The summed E-state index contributed by atoms with van der Waals surface area (Å²) >= 11 is 0. The largest absolute Gasteiger partial charge is 0.462 e. The summed E-state index contributed by atoms with van der Waals surface area (Å²) in [4.78, 5) is 14.3. The molecule has 54 heavy (non-hydrogen) atoms. The average molecular weight is 757 g/mol. The molecule has 2 unspecified atom stereocenters. The molecule has 1 spiro atoms. The Kier molecular flexibility index (Phi) is 12.3. The predicted octanol–water partition coefficient (Wildman–Crippen LogP) is 5.60. The van der Waals surface area contributed by atoms with Crippen molar-refractivity contribution in [2.45, 2.75) is 178 Å². The third-order valence-corrected chi connectivity index (χ3v) is 13.6. The Morgan fingerprint density at radius 2 is 1.74 bits per heavy atom. The van der Waals surface area contributed by atoms with Crippen molar-refractivity contribution in [2.75, 3.05) is 13.7 Å². The van der Waals surface area contributed by atoms with Gasteiger partial charge in [-0.25, -0.2) is 0 Å². The first kappa shape index (κ1) is 40.3. The second-order valence-corrected chi connectivity index (χ2v) is 17.5. The SMILES string of the molecule is CO[C@H]1C[C@H](O[C@@H]2/C(C)=C/C[C@@H]3CC(C[C@]4(CC[C@H](C)[C@@H](C5CCCCC5)O4)O3)OC(=O)C3C=C(C)[C@@H](O)[C@H]4OC/C(=C\C=C\[C@@H]2C)[C@@]34O)O[C@@H](C)[C@@H]1O. The highest BCUT2D eigenvalue weighted by Crippen LogP contribution is 2.49. The lowest BCUT2D eigenvalue weighted by molar-refractivity contribution is -0.342. The van der Waals surface area contributed by atoms with Gasteiger partial charge in [0.1, 0.15) is 35.9 Å². The molecule has 0 aromatic rings. The van der Waals surface area contributed by atoms with E-state index < -0.39 is 72.3 Å². The number of ether oxygens (including phenoxy) is 7. The van der Waals surface area contributed by atoms with Gasteiger partial charge in [-0.15, -0.1) is 0 Å². The summed E-state index contributed by atoms with van der Waals surface area (Å²) in [5.41, 5.74) is 0.271. The zero-order chi connectivity index (χ0) is 38.4. The minimum Gasteiger partial charge on any atom is -0.462 e. The molecule has 5 aliphatic heterocycles. The zero-order valence-corrected chi connectivity index (χ0v) is 33.1. The van der Waals surface area contributed by atoms with Crippen LogP contribution in [-0.2, 0) is 38.0 Å². The summed E-state index contributed by atoms with van der Waals surface area (Å²) in [5, 5.41) is 34.2. The van der Waals surface area contributed by atoms with Gasteiger partial charge in [-0.3, -0.25) is 4.79 Å². The van der Waals surface area contributed by atoms with Crippen LogP contribution < -0.4 is 0 Å². The fourth-order valence-electron chi connectivity index (χ4n) is 10.4. The van der Waals surface area contributed by atoms with Gasteiger partial charge in [0.2, 0.25) is 0 Å². The molecule has 11 heteroatoms. The Labute approximate surface area is 321 Å². The third kappa shape index (κ3) is 7.96. The van der Waals surface area contributed by atoms with Crippen molar-refractivity contribution in [3.63, 3.8) is 0 Å². The summed E-state index contributed by atoms with van der Waals surface area (Å²) in [6, 6.07) is 0. The van der Waals surface area contributed by atoms with Gasteiger partial charge in [0.05, 0.1) is 37.1 Å². The van der Waals surface area contributed by atoms with Gasteiger partial charge in [0.15, 0.2) is 12.1 Å². The van der Waals surface area contributed by atoms with Crippen molar-refractivity contribution < 1.29 is 53.3 Å². The Bertz CT molecular complexity index is 1470. The molecular formula is C43H64O11. The maximum atomic E-state index is 14.3. The predicted molar refractivity (Wildman–Crippen MR) is 200 cm³/mol. The number of esters is 1. The Hall–Kier alpha value is -1.93. The van der Waals surface area contributed by atoms with E-state index in [2.05, 4.69) is 26.8 Å². The second-order valence-electron chi connectivity index (χ2n) is 17.5. The number of hydrogen-bond donors (Lipinski definition) is 3. The van der Waals surface area contributed by atoms with Crippen molar-refractivity contribution in [2.24, 2.45) is 23.7 Å². The van der Waals surface area contributed by atoms with Crippen LogP contribution in [0.2, 0.25) is 0 Å². The number of aliphatic hydroxyl groups excluding tert-OH is 2. The maximum Gasteiger partial charge on any atom is 0.316 e. The molecule has 302 valence electrons. The lowest BCUT2D eigenvalue weighted by Crippen LogP contribution is -2.58. The topological polar surface area (TPSA) is 142 Å². The van der Waals surface area contributed by atoms with E-state index in [1.165, 1.54) is 19.3 Å². The Balaban J connectivity index is 1.24. The van der Waals surface area contributed by atoms with Crippen LogP contribution in [0.5, 0.6) is 0 Å². The number of carbonyl (C=O) groups is 1. The van der Waals surface area contributed by atoms with Gasteiger partial charge < -0.3 is 48.5 Å². The van der Waals surface area contributed by atoms with Crippen LogP contribution in [0.25, 0.3) is 0 Å². The first-order valence-electron chi connectivity index (χ1n) is 20.6. The van der Waals surface area contributed by atoms with Gasteiger partial charge in [0.25, 0.3) is 0 Å². The molecule has 11 nitrogen and oxygen atoms in total. The summed E-state index contributed by atoms with van der Waals surface area (Å²) in [5.74, 6) is -1.74. The molecule has 7 aliphatic rings. The number of methoxy groups -OCH3 is 1. The standard InChI is InChI=1S/C43H64O11/c1-24-11-10-14-30-23-49-40-36(44)27(4)19-33(43(30,40)47)41(46)51-32-20-31(16-15-25(2)38(24)52-35-21-34(48-6)37(45)28(5)50-35)53-42(22-32)18-17-26(3)39(54-42)29-12-8-7-9-13-29/h10-11,14-15,19,24,26,28-29,31-40,44-45,47H,7-9,12-13,16-18,20-23H2,1-6H3/b11-10+,25-15+,30-14+/t24-,26-,28-,31+,32?,33?,34-,35-,36+,37-,38-,39-,40+,42+,43+/m0/s1. The highest BCUT2D eigenvalue weighted by atomic mass is 16.7. The molecule has 5 heterocycles. The Morgan fingerprint density at radius 3 is 2.50 bits per heavy atom. The number of aliphatic hydroxyl groups is 3. The highest BCUT2D eigenvalue weighted by Gasteiger charge is 2.60. The van der Waals surface area contributed by atoms with Crippen molar-refractivity contribution in [3.05, 3.63) is 47.1 Å². The van der Waals surface area contributed by atoms with E-state index in [4.69, 9.17) is 33.2 Å². The molecule has 1 saturated carbocycles. The third-order valence-electron chi connectivity index (χ3n) is 13.6. The quantitative estimate of drug-likeness (QED) is 0.244. The fraction of sp³-hybridized carbons (Fsp3) is 0.791. The van der Waals surface area contributed by atoms with Crippen LogP contribution >= 0.6 is 0 Å². The van der Waals surface area contributed by atoms with Crippen LogP contribution in [0.15, 0.2) is 47.1 Å². The lowest BCUT2D eigenvalue weighted by Gasteiger charge is -2.51. The van der Waals surface area contributed by atoms with Crippen molar-refractivity contribution >= 4 is 5.97 Å². The van der Waals surface area contributed by atoms with E-state index in [-0.39, 0.29) is 24.7 Å². The number of hydrogen-bond acceptors (Lipinski definition) is 11. The molecule has 2 aliphatic carbocycles. The molecular weight excluding hydrogens is 692 g/mol. The first-order valence-corrected chi connectivity index (χ1v) is 20.6. The van der Waals surface area contributed by atoms with Gasteiger partial charge in [-0.05, 0) is 75.0 Å². The molecule has 0 radical (unpaired) electrons. The van der Waals surface area contributed by atoms with Crippen LogP contribution in [0.4, 0.5) is 0 Å². The van der Waals surface area contributed by atoms with Crippen molar-refractivity contribution in [1.29, 1.82) is 0 Å². The summed E-state index contributed by atoms with van der Waals surface area (Å²) in [6.07, 6.45) is 13.6. The monoisotopic (exact) mass is 756 g/mol. The molecule has 0 amide bonds. The summed E-state index contributed by atoms with van der Waals surface area (Å²) in [6.45, 7) is 10.1.